The molecule has 0 aromatic carbocycles. The molecule has 2 fully saturated rings. The number of fused-ring (bicyclic) bond motifs is 1. The molecule has 1 aromatic rings. The molecule has 3 amide bonds. The third-order valence-corrected chi connectivity index (χ3v) is 6.82. The molecular formula is C22H34N7O2+. The minimum Gasteiger partial charge on any atom is -0.302 e. The molecule has 0 bridgehead atoms. The Balaban J connectivity index is 1.68. The molecule has 31 heavy (non-hydrogen) atoms. The van der Waals surface area contributed by atoms with Crippen LogP contribution in [0.3, 0.4) is 0 Å². The maximum Gasteiger partial charge on any atom is 0.421 e. The number of rotatable bonds is 4. The number of likely N-dealkylation sites (N-methyl/N-ethyl adjacent to an activating group) is 1. The molecule has 4 rings (SSSR count). The van der Waals surface area contributed by atoms with Crippen molar-refractivity contribution in [2.45, 2.75) is 66.0 Å². The number of urea groups is 1. The number of amidine groups is 1. The van der Waals surface area contributed by atoms with Gasteiger partial charge >= 0.3 is 12.0 Å². The van der Waals surface area contributed by atoms with Gasteiger partial charge in [0.15, 0.2) is 0 Å². The van der Waals surface area contributed by atoms with Gasteiger partial charge in [-0.3, -0.25) is 14.6 Å². The van der Waals surface area contributed by atoms with E-state index in [1.54, 1.807) is 11.7 Å². The molecule has 1 atom stereocenters. The highest BCUT2D eigenvalue weighted by molar-refractivity contribution is 6.23. The summed E-state index contributed by atoms with van der Waals surface area (Å²) in [5, 5.41) is 4.66. The Labute approximate surface area is 184 Å². The maximum absolute atomic E-state index is 13.6. The number of aromatic nitrogens is 2. The Morgan fingerprint density at radius 2 is 1.74 bits per heavy atom. The zero-order chi connectivity index (χ0) is 22.4. The van der Waals surface area contributed by atoms with Gasteiger partial charge in [0.1, 0.15) is 5.69 Å². The average Bonchev–Trinajstić information content (AvgIpc) is 3.27. The summed E-state index contributed by atoms with van der Waals surface area (Å²) in [4.78, 5) is 36.7. The lowest BCUT2D eigenvalue weighted by Crippen LogP contribution is -2.64. The van der Waals surface area contributed by atoms with Crippen LogP contribution in [-0.2, 0) is 4.79 Å². The molecule has 0 spiro atoms. The molecule has 2 saturated heterocycles. The van der Waals surface area contributed by atoms with Crippen LogP contribution in [0.5, 0.6) is 0 Å². The molecule has 4 heterocycles. The standard InChI is InChI=1S/C22H34N7O2/c1-14(2)28-18-19(23-21(28)29-17(5)15(3)16(4)24-29)25(6)22(31)27(20(18)30)13-12-26-10-8-7-9-11-26/h14,18H,7-13H2,1-6H3/q+1. The molecular weight excluding hydrogens is 394 g/mol. The van der Waals surface area contributed by atoms with E-state index in [0.29, 0.717) is 18.3 Å². The van der Waals surface area contributed by atoms with Crippen LogP contribution in [0.1, 0.15) is 50.1 Å². The second-order valence-electron chi connectivity index (χ2n) is 9.11. The van der Waals surface area contributed by atoms with Crippen LogP contribution in [-0.4, -0.2) is 98.1 Å². The number of aryl methyl sites for hydroxylation is 1. The summed E-state index contributed by atoms with van der Waals surface area (Å²) in [6.07, 6.45) is 3.63. The number of hydrogen-bond acceptors (Lipinski definition) is 5. The Kier molecular flexibility index (Phi) is 5.72. The van der Waals surface area contributed by atoms with Crippen LogP contribution in [0, 0.1) is 20.8 Å². The van der Waals surface area contributed by atoms with Crippen LogP contribution in [0.15, 0.2) is 4.99 Å². The van der Waals surface area contributed by atoms with Crippen LogP contribution in [0.2, 0.25) is 0 Å². The van der Waals surface area contributed by atoms with Gasteiger partial charge in [-0.25, -0.2) is 9.37 Å². The summed E-state index contributed by atoms with van der Waals surface area (Å²) >= 11 is 0. The predicted molar refractivity (Wildman–Crippen MR) is 119 cm³/mol. The Morgan fingerprint density at radius 3 is 2.32 bits per heavy atom. The van der Waals surface area contributed by atoms with Gasteiger partial charge in [0.25, 0.3) is 5.91 Å². The van der Waals surface area contributed by atoms with Crippen molar-refractivity contribution < 1.29 is 14.2 Å². The second-order valence-corrected chi connectivity index (χ2v) is 9.11. The normalized spacial score (nSPS) is 22.7. The summed E-state index contributed by atoms with van der Waals surface area (Å²) in [6.45, 7) is 13.3. The van der Waals surface area contributed by atoms with Gasteiger partial charge in [0, 0.05) is 25.7 Å². The van der Waals surface area contributed by atoms with Crippen LogP contribution in [0.4, 0.5) is 4.79 Å². The van der Waals surface area contributed by atoms with Gasteiger partial charge in [-0.2, -0.15) is 0 Å². The van der Waals surface area contributed by atoms with Crippen molar-refractivity contribution in [2.75, 3.05) is 33.2 Å². The summed E-state index contributed by atoms with van der Waals surface area (Å²) < 4.78 is 3.80. The highest BCUT2D eigenvalue weighted by Gasteiger charge is 2.53. The molecule has 0 N–H and O–H groups in total. The number of piperidine rings is 1. The topological polar surface area (TPSA) is 77.0 Å². The van der Waals surface area contributed by atoms with Gasteiger partial charge in [-0.1, -0.05) is 11.4 Å². The number of amides is 3. The van der Waals surface area contributed by atoms with Gasteiger partial charge in [0.05, 0.1) is 11.7 Å². The van der Waals surface area contributed by atoms with E-state index in [-0.39, 0.29) is 18.0 Å². The lowest BCUT2D eigenvalue weighted by atomic mass is 10.1. The molecule has 9 heteroatoms. The van der Waals surface area contributed by atoms with Crippen molar-refractivity contribution in [1.82, 2.24) is 24.5 Å². The van der Waals surface area contributed by atoms with E-state index in [9.17, 15) is 9.59 Å². The quantitative estimate of drug-likeness (QED) is 0.683. The van der Waals surface area contributed by atoms with Gasteiger partial charge in [0.2, 0.25) is 11.9 Å². The Morgan fingerprint density at radius 1 is 1.06 bits per heavy atom. The summed E-state index contributed by atoms with van der Waals surface area (Å²) in [6, 6.07) is -0.894. The fourth-order valence-electron chi connectivity index (χ4n) is 4.70. The average molecular weight is 429 g/mol. The highest BCUT2D eigenvalue weighted by Crippen LogP contribution is 2.23. The van der Waals surface area contributed by atoms with Crippen molar-refractivity contribution in [3.8, 4) is 0 Å². The summed E-state index contributed by atoms with van der Waals surface area (Å²) in [5.74, 6) is 0.897. The van der Waals surface area contributed by atoms with Crippen LogP contribution >= 0.6 is 0 Å². The fourth-order valence-corrected chi connectivity index (χ4v) is 4.70. The van der Waals surface area contributed by atoms with Gasteiger partial charge in [-0.05, 0) is 60.5 Å². The van der Waals surface area contributed by atoms with E-state index in [1.165, 1.54) is 29.1 Å². The first kappa shape index (κ1) is 21.7. The smallest absolute Gasteiger partial charge is 0.302 e. The SMILES string of the molecule is Cc1nn(C2=[N+](C(C)C)C3C(=O)N(CCN4CCCCC4)C(=O)N(C)C3=N2)c(C)c1C. The third kappa shape index (κ3) is 3.58. The van der Waals surface area contributed by atoms with E-state index in [1.807, 2.05) is 39.2 Å². The van der Waals surface area contributed by atoms with Crippen molar-refractivity contribution in [2.24, 2.45) is 4.99 Å². The molecule has 0 radical (unpaired) electrons. The number of carbonyl (C=O) groups excluding carboxylic acids is 2. The zero-order valence-electron chi connectivity index (χ0n) is 19.6. The third-order valence-electron chi connectivity index (χ3n) is 6.82. The van der Waals surface area contributed by atoms with Crippen LogP contribution < -0.4 is 0 Å². The van der Waals surface area contributed by atoms with E-state index in [4.69, 9.17) is 4.99 Å². The number of likely N-dealkylation sites (tertiary alicyclic amines) is 1. The Hall–Kier alpha value is -2.55. The molecule has 3 aliphatic rings. The van der Waals surface area contributed by atoms with Crippen molar-refractivity contribution in [3.05, 3.63) is 17.0 Å². The van der Waals surface area contributed by atoms with Gasteiger partial charge < -0.3 is 4.90 Å². The highest BCUT2D eigenvalue weighted by atomic mass is 16.2. The number of imide groups is 1. The van der Waals surface area contributed by atoms with Crippen molar-refractivity contribution in [3.63, 3.8) is 0 Å². The first-order valence-electron chi connectivity index (χ1n) is 11.3. The lowest BCUT2D eigenvalue weighted by Gasteiger charge is -2.36. The van der Waals surface area contributed by atoms with E-state index < -0.39 is 6.04 Å². The molecule has 1 unspecified atom stereocenters. The molecule has 168 valence electrons. The van der Waals surface area contributed by atoms with E-state index >= 15 is 0 Å². The molecule has 3 aliphatic heterocycles. The second kappa shape index (κ2) is 8.18. The predicted octanol–water partition coefficient (Wildman–Crippen LogP) is 1.59. The first-order chi connectivity index (χ1) is 14.7. The maximum atomic E-state index is 13.6. The molecule has 1 aromatic heterocycles. The van der Waals surface area contributed by atoms with E-state index in [0.717, 1.165) is 36.6 Å². The molecule has 0 saturated carbocycles. The largest absolute Gasteiger partial charge is 0.421 e. The van der Waals surface area contributed by atoms with Gasteiger partial charge in [-0.15, -0.1) is 9.78 Å². The molecule has 9 nitrogen and oxygen atoms in total. The van der Waals surface area contributed by atoms with Crippen molar-refractivity contribution in [1.29, 1.82) is 0 Å². The fraction of sp³-hybridized carbons (Fsp3) is 0.682. The summed E-state index contributed by atoms with van der Waals surface area (Å²) in [5.41, 5.74) is 3.03. The minimum atomic E-state index is -0.608. The monoisotopic (exact) mass is 428 g/mol. The zero-order valence-corrected chi connectivity index (χ0v) is 19.6. The molecule has 0 aliphatic carbocycles. The minimum absolute atomic E-state index is 0.0139. The number of carbonyl (C=O) groups is 2. The number of hydrogen-bond donors (Lipinski definition) is 0. The Bertz CT molecular complexity index is 969. The van der Waals surface area contributed by atoms with E-state index in [2.05, 4.69) is 10.00 Å². The lowest BCUT2D eigenvalue weighted by molar-refractivity contribution is -0.567. The first-order valence-corrected chi connectivity index (χ1v) is 11.3. The van der Waals surface area contributed by atoms with Crippen LogP contribution in [0.25, 0.3) is 0 Å². The number of aliphatic imine (C=N–C) groups is 1. The summed E-state index contributed by atoms with van der Waals surface area (Å²) in [7, 11) is 1.71. The van der Waals surface area contributed by atoms with Crippen molar-refractivity contribution >= 4 is 23.7 Å². The number of nitrogens with zero attached hydrogens (tertiary/aromatic N) is 7.